The second kappa shape index (κ2) is 5.35. The molecule has 0 amide bonds. The molecular formula is C7H14ClNO3. The number of hydrogen-bond acceptors (Lipinski definition) is 4. The molecule has 1 aliphatic rings. The van der Waals surface area contributed by atoms with Gasteiger partial charge in [0.25, 0.3) is 0 Å². The summed E-state index contributed by atoms with van der Waals surface area (Å²) in [5.41, 5.74) is 0. The van der Waals surface area contributed by atoms with Gasteiger partial charge < -0.3 is 15.2 Å². The highest BCUT2D eigenvalue weighted by atomic mass is 35.5. The Bertz CT molecular complexity index is 154. The Labute approximate surface area is 77.7 Å². The van der Waals surface area contributed by atoms with Crippen LogP contribution in [0.25, 0.3) is 0 Å². The highest BCUT2D eigenvalue weighted by molar-refractivity contribution is 5.85. The van der Waals surface area contributed by atoms with E-state index in [0.717, 1.165) is 0 Å². The van der Waals surface area contributed by atoms with Crippen molar-refractivity contribution in [1.82, 2.24) is 5.32 Å². The van der Waals surface area contributed by atoms with E-state index in [1.807, 2.05) is 0 Å². The van der Waals surface area contributed by atoms with E-state index in [4.69, 9.17) is 4.74 Å². The monoisotopic (exact) mass is 195 g/mol. The number of carbonyl (C=O) groups is 1. The van der Waals surface area contributed by atoms with E-state index < -0.39 is 6.10 Å². The summed E-state index contributed by atoms with van der Waals surface area (Å²) < 4.78 is 4.76. The normalized spacial score (nSPS) is 27.8. The van der Waals surface area contributed by atoms with Gasteiger partial charge in [-0.1, -0.05) is 0 Å². The minimum absolute atomic E-state index is 0. The molecule has 0 aromatic carbocycles. The number of aliphatic hydroxyl groups is 1. The molecule has 72 valence electrons. The molecular weight excluding hydrogens is 182 g/mol. The summed E-state index contributed by atoms with van der Waals surface area (Å²) in [6, 6.07) is 0. The fourth-order valence-corrected chi connectivity index (χ4v) is 1.15. The van der Waals surface area contributed by atoms with Gasteiger partial charge in [-0.05, 0) is 6.92 Å². The van der Waals surface area contributed by atoms with Crippen LogP contribution in [0.3, 0.4) is 0 Å². The predicted molar refractivity (Wildman–Crippen MR) is 46.2 cm³/mol. The van der Waals surface area contributed by atoms with Crippen molar-refractivity contribution in [2.75, 3.05) is 19.7 Å². The van der Waals surface area contributed by atoms with Crippen LogP contribution in [0, 0.1) is 5.92 Å². The average molecular weight is 196 g/mol. The minimum atomic E-state index is -0.575. The molecule has 12 heavy (non-hydrogen) atoms. The van der Waals surface area contributed by atoms with Gasteiger partial charge in [-0.25, -0.2) is 0 Å². The molecule has 0 unspecified atom stereocenters. The first-order valence-electron chi connectivity index (χ1n) is 3.81. The summed E-state index contributed by atoms with van der Waals surface area (Å²) >= 11 is 0. The molecule has 0 aliphatic carbocycles. The molecule has 0 spiro atoms. The van der Waals surface area contributed by atoms with E-state index in [9.17, 15) is 9.90 Å². The molecule has 5 heteroatoms. The smallest absolute Gasteiger partial charge is 0.312 e. The van der Waals surface area contributed by atoms with E-state index in [0.29, 0.717) is 19.7 Å². The van der Waals surface area contributed by atoms with Crippen molar-refractivity contribution in [2.45, 2.75) is 13.0 Å². The molecule has 0 aromatic rings. The van der Waals surface area contributed by atoms with Crippen LogP contribution in [0.2, 0.25) is 0 Å². The maximum atomic E-state index is 11.0. The van der Waals surface area contributed by atoms with Gasteiger partial charge >= 0.3 is 5.97 Å². The molecule has 0 bridgehead atoms. The average Bonchev–Trinajstić information content (AvgIpc) is 2.36. The fourth-order valence-electron chi connectivity index (χ4n) is 1.15. The molecule has 2 N–H and O–H groups in total. The zero-order valence-electron chi connectivity index (χ0n) is 6.95. The van der Waals surface area contributed by atoms with E-state index in [2.05, 4.69) is 5.32 Å². The maximum absolute atomic E-state index is 11.0. The summed E-state index contributed by atoms with van der Waals surface area (Å²) in [4.78, 5) is 11.0. The van der Waals surface area contributed by atoms with Gasteiger partial charge in [-0.3, -0.25) is 4.79 Å². The highest BCUT2D eigenvalue weighted by Gasteiger charge is 2.32. The molecule has 1 heterocycles. The largest absolute Gasteiger partial charge is 0.466 e. The van der Waals surface area contributed by atoms with Crippen LogP contribution in [0.5, 0.6) is 0 Å². The van der Waals surface area contributed by atoms with Crippen molar-refractivity contribution in [1.29, 1.82) is 0 Å². The van der Waals surface area contributed by atoms with Gasteiger partial charge in [0.2, 0.25) is 0 Å². The number of halogens is 1. The van der Waals surface area contributed by atoms with E-state index in [-0.39, 0.29) is 24.3 Å². The Kier molecular flexibility index (Phi) is 5.20. The molecule has 1 aliphatic heterocycles. The molecule has 0 radical (unpaired) electrons. The van der Waals surface area contributed by atoms with E-state index in [1.165, 1.54) is 0 Å². The van der Waals surface area contributed by atoms with Crippen molar-refractivity contribution in [3.63, 3.8) is 0 Å². The number of ether oxygens (including phenoxy) is 1. The first-order chi connectivity index (χ1) is 5.25. The molecule has 1 fully saturated rings. The SMILES string of the molecule is CCOC(=O)[C@@H]1CNC[C@@H]1O.Cl. The summed E-state index contributed by atoms with van der Waals surface area (Å²) in [6.07, 6.45) is -0.575. The molecule has 0 aromatic heterocycles. The van der Waals surface area contributed by atoms with Gasteiger partial charge in [-0.15, -0.1) is 12.4 Å². The van der Waals surface area contributed by atoms with Gasteiger partial charge in [-0.2, -0.15) is 0 Å². The number of nitrogens with one attached hydrogen (secondary N) is 1. The van der Waals surface area contributed by atoms with Gasteiger partial charge in [0.15, 0.2) is 0 Å². The molecule has 0 saturated carbocycles. The first kappa shape index (κ1) is 11.7. The van der Waals surface area contributed by atoms with Crippen molar-refractivity contribution >= 4 is 18.4 Å². The second-order valence-corrected chi connectivity index (χ2v) is 2.58. The van der Waals surface area contributed by atoms with Crippen molar-refractivity contribution in [2.24, 2.45) is 5.92 Å². The number of aliphatic hydroxyl groups excluding tert-OH is 1. The third-order valence-corrected chi connectivity index (χ3v) is 1.77. The fraction of sp³-hybridized carbons (Fsp3) is 0.857. The Balaban J connectivity index is 0.00000121. The summed E-state index contributed by atoms with van der Waals surface area (Å²) in [6.45, 7) is 3.15. The Morgan fingerprint density at radius 1 is 1.67 bits per heavy atom. The number of hydrogen-bond donors (Lipinski definition) is 2. The first-order valence-corrected chi connectivity index (χ1v) is 3.81. The second-order valence-electron chi connectivity index (χ2n) is 2.58. The van der Waals surface area contributed by atoms with Crippen LogP contribution < -0.4 is 5.32 Å². The van der Waals surface area contributed by atoms with Crippen LogP contribution in [0.4, 0.5) is 0 Å². The number of carbonyl (C=O) groups excluding carboxylic acids is 1. The zero-order valence-corrected chi connectivity index (χ0v) is 7.76. The lowest BCUT2D eigenvalue weighted by Gasteiger charge is -2.10. The third kappa shape index (κ3) is 2.62. The Morgan fingerprint density at radius 3 is 2.75 bits per heavy atom. The summed E-state index contributed by atoms with van der Waals surface area (Å²) in [5.74, 6) is -0.667. The number of β-amino-alcohol motifs (C(OH)–C–C–N with tert-alkyl or cyclic N) is 1. The summed E-state index contributed by atoms with van der Waals surface area (Å²) in [5, 5.41) is 12.1. The number of rotatable bonds is 2. The van der Waals surface area contributed by atoms with Crippen molar-refractivity contribution in [3.05, 3.63) is 0 Å². The van der Waals surface area contributed by atoms with E-state index >= 15 is 0 Å². The Hall–Kier alpha value is -0.320. The van der Waals surface area contributed by atoms with Gasteiger partial charge in [0.05, 0.1) is 18.6 Å². The Morgan fingerprint density at radius 2 is 2.33 bits per heavy atom. The standard InChI is InChI=1S/C7H13NO3.ClH/c1-2-11-7(10)5-3-8-4-6(5)9;/h5-6,8-9H,2-4H2,1H3;1H/t5-,6+;/m1./s1. The van der Waals surface area contributed by atoms with Crippen LogP contribution in [-0.2, 0) is 9.53 Å². The predicted octanol–water partition coefficient (Wildman–Crippen LogP) is -0.448. The lowest BCUT2D eigenvalue weighted by Crippen LogP contribution is -2.28. The lowest BCUT2D eigenvalue weighted by atomic mass is 10.1. The van der Waals surface area contributed by atoms with Crippen molar-refractivity contribution in [3.8, 4) is 0 Å². The molecule has 1 rings (SSSR count). The highest BCUT2D eigenvalue weighted by Crippen LogP contribution is 2.10. The van der Waals surface area contributed by atoms with Crippen LogP contribution >= 0.6 is 12.4 Å². The third-order valence-electron chi connectivity index (χ3n) is 1.77. The summed E-state index contributed by atoms with van der Waals surface area (Å²) in [7, 11) is 0. The van der Waals surface area contributed by atoms with Crippen LogP contribution in [-0.4, -0.2) is 36.9 Å². The topological polar surface area (TPSA) is 58.6 Å². The maximum Gasteiger partial charge on any atom is 0.312 e. The minimum Gasteiger partial charge on any atom is -0.466 e. The lowest BCUT2D eigenvalue weighted by molar-refractivity contribution is -0.150. The zero-order chi connectivity index (χ0) is 8.27. The van der Waals surface area contributed by atoms with Gasteiger partial charge in [0, 0.05) is 13.1 Å². The molecule has 1 saturated heterocycles. The van der Waals surface area contributed by atoms with Gasteiger partial charge in [0.1, 0.15) is 0 Å². The quantitative estimate of drug-likeness (QED) is 0.587. The van der Waals surface area contributed by atoms with Crippen LogP contribution in [0.15, 0.2) is 0 Å². The van der Waals surface area contributed by atoms with Crippen LogP contribution in [0.1, 0.15) is 6.92 Å². The molecule has 2 atom stereocenters. The number of esters is 1. The van der Waals surface area contributed by atoms with Crippen molar-refractivity contribution < 1.29 is 14.6 Å². The van der Waals surface area contributed by atoms with E-state index in [1.54, 1.807) is 6.92 Å². The molecule has 4 nitrogen and oxygen atoms in total.